The highest BCUT2D eigenvalue weighted by molar-refractivity contribution is 5.77. The fourth-order valence-corrected chi connectivity index (χ4v) is 3.39. The van der Waals surface area contributed by atoms with E-state index < -0.39 is 36.2 Å². The minimum absolute atomic E-state index is 0.0916. The highest BCUT2D eigenvalue weighted by Gasteiger charge is 2.25. The number of carbonyl (C=O) groups excluding carboxylic acids is 4. The molecular formula is C30H47NO8. The van der Waals surface area contributed by atoms with Gasteiger partial charge in [-0.2, -0.15) is 0 Å². The molecule has 0 spiro atoms. The van der Waals surface area contributed by atoms with Crippen LogP contribution in [-0.2, 0) is 35.1 Å². The van der Waals surface area contributed by atoms with Crippen LogP contribution in [0.15, 0.2) is 18.2 Å². The Morgan fingerprint density at radius 1 is 0.744 bits per heavy atom. The molecule has 0 saturated heterocycles. The fraction of sp³-hybridized carbons (Fsp3) is 0.667. The summed E-state index contributed by atoms with van der Waals surface area (Å²) in [5.41, 5.74) is 6.71. The van der Waals surface area contributed by atoms with Crippen LogP contribution in [0.1, 0.15) is 99.0 Å². The lowest BCUT2D eigenvalue weighted by molar-refractivity contribution is -0.166. The molecule has 39 heavy (non-hydrogen) atoms. The average molecular weight is 550 g/mol. The summed E-state index contributed by atoms with van der Waals surface area (Å²) in [5, 5.41) is 0. The molecule has 0 radical (unpaired) electrons. The maximum absolute atomic E-state index is 12.6. The maximum Gasteiger partial charge on any atom is 0.323 e. The Kier molecular flexibility index (Phi) is 15.4. The Hall–Kier alpha value is -2.94. The van der Waals surface area contributed by atoms with Gasteiger partial charge in [-0.05, 0) is 69.1 Å². The van der Waals surface area contributed by atoms with Gasteiger partial charge < -0.3 is 24.7 Å². The quantitative estimate of drug-likeness (QED) is 0.203. The Labute approximate surface area is 233 Å². The van der Waals surface area contributed by atoms with Crippen LogP contribution in [0, 0.1) is 11.8 Å². The molecule has 0 unspecified atom stereocenters. The Balaban J connectivity index is 2.90. The smallest absolute Gasteiger partial charge is 0.323 e. The highest BCUT2D eigenvalue weighted by Crippen LogP contribution is 2.30. The van der Waals surface area contributed by atoms with Crippen molar-refractivity contribution in [1.29, 1.82) is 0 Å². The van der Waals surface area contributed by atoms with Gasteiger partial charge in [0, 0.05) is 19.3 Å². The summed E-state index contributed by atoms with van der Waals surface area (Å²) in [4.78, 5) is 49.3. The molecule has 0 amide bonds. The summed E-state index contributed by atoms with van der Waals surface area (Å²) in [5.74, 6) is -0.959. The molecule has 9 heteroatoms. The van der Waals surface area contributed by atoms with Crippen molar-refractivity contribution in [1.82, 2.24) is 0 Å². The van der Waals surface area contributed by atoms with Crippen LogP contribution in [-0.4, -0.2) is 42.1 Å². The third-order valence-electron chi connectivity index (χ3n) is 6.08. The number of hydrogen-bond acceptors (Lipinski definition) is 9. The van der Waals surface area contributed by atoms with Crippen molar-refractivity contribution < 1.29 is 38.1 Å². The predicted octanol–water partition coefficient (Wildman–Crippen LogP) is 5.29. The molecule has 0 saturated carbocycles. The number of ether oxygens (including phenoxy) is 4. The normalized spacial score (nSPS) is 13.5. The van der Waals surface area contributed by atoms with E-state index in [1.54, 1.807) is 26.0 Å². The van der Waals surface area contributed by atoms with E-state index in [4.69, 9.17) is 24.7 Å². The zero-order valence-electron chi connectivity index (χ0n) is 24.6. The lowest BCUT2D eigenvalue weighted by Crippen LogP contribution is -2.39. The van der Waals surface area contributed by atoms with Crippen molar-refractivity contribution in [3.63, 3.8) is 0 Å². The molecule has 1 aromatic carbocycles. The van der Waals surface area contributed by atoms with Gasteiger partial charge in [0.25, 0.3) is 0 Å². The number of hydrogen-bond donors (Lipinski definition) is 1. The van der Waals surface area contributed by atoms with Crippen molar-refractivity contribution in [3.8, 4) is 11.5 Å². The molecule has 0 aliphatic rings. The van der Waals surface area contributed by atoms with E-state index in [0.717, 1.165) is 12.8 Å². The molecule has 0 bridgehead atoms. The van der Waals surface area contributed by atoms with Gasteiger partial charge in [0.15, 0.2) is 11.5 Å². The van der Waals surface area contributed by atoms with Gasteiger partial charge in [-0.15, -0.1) is 0 Å². The topological polar surface area (TPSA) is 131 Å². The fourth-order valence-electron chi connectivity index (χ4n) is 3.39. The van der Waals surface area contributed by atoms with Crippen LogP contribution < -0.4 is 15.2 Å². The lowest BCUT2D eigenvalue weighted by atomic mass is 10.1. The van der Waals surface area contributed by atoms with Crippen LogP contribution in [0.4, 0.5) is 0 Å². The van der Waals surface area contributed by atoms with Gasteiger partial charge in [0.1, 0.15) is 18.2 Å². The molecule has 1 aromatic rings. The second-order valence-electron chi connectivity index (χ2n) is 10.8. The Bertz CT molecular complexity index is 943. The van der Waals surface area contributed by atoms with Crippen LogP contribution in [0.3, 0.4) is 0 Å². The minimum atomic E-state index is -1.01. The van der Waals surface area contributed by atoms with Crippen LogP contribution in [0.5, 0.6) is 11.5 Å². The highest BCUT2D eigenvalue weighted by atomic mass is 16.6. The monoisotopic (exact) mass is 549 g/mol. The second kappa shape index (κ2) is 17.6. The van der Waals surface area contributed by atoms with E-state index in [-0.39, 0.29) is 36.7 Å². The number of unbranched alkanes of at least 4 members (excludes halogenated alkanes) is 1. The number of nitrogens with two attached hydrogens (primary N) is 1. The van der Waals surface area contributed by atoms with Crippen LogP contribution >= 0.6 is 0 Å². The largest absolute Gasteiger partial charge is 0.459 e. The summed E-state index contributed by atoms with van der Waals surface area (Å²) in [6, 6.07) is 3.73. The molecule has 0 fully saturated rings. The van der Waals surface area contributed by atoms with Crippen LogP contribution in [0.25, 0.3) is 0 Å². The Morgan fingerprint density at radius 2 is 1.28 bits per heavy atom. The summed E-state index contributed by atoms with van der Waals surface area (Å²) >= 11 is 0. The molecule has 0 aliphatic carbocycles. The third kappa shape index (κ3) is 14.1. The van der Waals surface area contributed by atoms with Gasteiger partial charge in [0.05, 0.1) is 0 Å². The van der Waals surface area contributed by atoms with E-state index in [0.29, 0.717) is 36.7 Å². The van der Waals surface area contributed by atoms with Crippen LogP contribution in [0.2, 0.25) is 0 Å². The summed E-state index contributed by atoms with van der Waals surface area (Å²) in [6.45, 7) is 13.3. The van der Waals surface area contributed by atoms with Gasteiger partial charge in [-0.1, -0.05) is 47.1 Å². The van der Waals surface area contributed by atoms with Crippen molar-refractivity contribution in [2.45, 2.75) is 118 Å². The SMILES string of the molecule is CCCCC(=O)O[C@@H](C)[C@H](C)OC(=O)[C@@H](N)Cc1ccc(OC(=O)CCC(C)C)c(OC(=O)CCC(C)C)c1. The standard InChI is InChI=1S/C30H47NO8/c1-8-9-10-27(32)36-21(6)22(7)37-30(35)24(31)17-23-13-14-25(38-28(33)15-11-19(2)3)26(18-23)39-29(34)16-12-20(4)5/h13-14,18-22,24H,8-12,15-17,31H2,1-7H3/t21-,22-,24-/m0/s1. The van der Waals surface area contributed by atoms with Crippen molar-refractivity contribution in [2.75, 3.05) is 0 Å². The number of benzene rings is 1. The molecule has 9 nitrogen and oxygen atoms in total. The van der Waals surface area contributed by atoms with Crippen molar-refractivity contribution in [2.24, 2.45) is 17.6 Å². The lowest BCUT2D eigenvalue weighted by Gasteiger charge is -2.22. The summed E-state index contributed by atoms with van der Waals surface area (Å²) in [7, 11) is 0. The van der Waals surface area contributed by atoms with E-state index in [1.807, 2.05) is 34.6 Å². The van der Waals surface area contributed by atoms with Gasteiger partial charge in [0.2, 0.25) is 0 Å². The first kappa shape index (κ1) is 34.1. The van der Waals surface area contributed by atoms with Crippen molar-refractivity contribution >= 4 is 23.9 Å². The second-order valence-corrected chi connectivity index (χ2v) is 10.8. The van der Waals surface area contributed by atoms with Crippen molar-refractivity contribution in [3.05, 3.63) is 23.8 Å². The molecule has 0 heterocycles. The van der Waals surface area contributed by atoms with Gasteiger partial charge in [-0.25, -0.2) is 0 Å². The number of carbonyl (C=O) groups is 4. The zero-order valence-corrected chi connectivity index (χ0v) is 24.6. The summed E-state index contributed by atoms with van der Waals surface area (Å²) in [6.07, 6.45) is 2.50. The first-order valence-electron chi connectivity index (χ1n) is 14.0. The number of rotatable bonds is 17. The third-order valence-corrected chi connectivity index (χ3v) is 6.08. The first-order valence-corrected chi connectivity index (χ1v) is 14.0. The minimum Gasteiger partial charge on any atom is -0.459 e. The van der Waals surface area contributed by atoms with Gasteiger partial charge >= 0.3 is 23.9 Å². The van der Waals surface area contributed by atoms with E-state index in [9.17, 15) is 19.2 Å². The molecule has 2 N–H and O–H groups in total. The zero-order chi connectivity index (χ0) is 29.5. The predicted molar refractivity (Wildman–Crippen MR) is 148 cm³/mol. The van der Waals surface area contributed by atoms with E-state index in [1.165, 1.54) is 6.07 Å². The summed E-state index contributed by atoms with van der Waals surface area (Å²) < 4.78 is 21.8. The molecule has 0 aliphatic heterocycles. The first-order chi connectivity index (χ1) is 18.3. The molecule has 0 aromatic heterocycles. The van der Waals surface area contributed by atoms with Gasteiger partial charge in [-0.3, -0.25) is 19.2 Å². The average Bonchev–Trinajstić information content (AvgIpc) is 2.86. The molecule has 3 atom stereocenters. The molecule has 220 valence electrons. The number of esters is 4. The van der Waals surface area contributed by atoms with E-state index in [2.05, 4.69) is 0 Å². The maximum atomic E-state index is 12.6. The molecular weight excluding hydrogens is 502 g/mol. The Morgan fingerprint density at radius 3 is 1.82 bits per heavy atom. The molecule has 1 rings (SSSR count). The van der Waals surface area contributed by atoms with E-state index >= 15 is 0 Å².